The van der Waals surface area contributed by atoms with Gasteiger partial charge in [0, 0.05) is 36.7 Å². The first-order valence-corrected chi connectivity index (χ1v) is 7.02. The van der Waals surface area contributed by atoms with Crippen LogP contribution in [-0.4, -0.2) is 48.9 Å². The van der Waals surface area contributed by atoms with Crippen molar-refractivity contribution in [2.45, 2.75) is 0 Å². The molecule has 0 radical (unpaired) electrons. The molecule has 1 aliphatic rings. The molecule has 1 fully saturated rings. The van der Waals surface area contributed by atoms with E-state index < -0.39 is 0 Å². The SMILES string of the molecule is Cl.O=Cc1ccc(OCCN2CCSCC2)cc1. The average molecular weight is 288 g/mol. The Bertz CT molecular complexity index is 353. The lowest BCUT2D eigenvalue weighted by atomic mass is 10.2. The van der Waals surface area contributed by atoms with E-state index in [-0.39, 0.29) is 12.4 Å². The van der Waals surface area contributed by atoms with Crippen molar-refractivity contribution < 1.29 is 9.53 Å². The topological polar surface area (TPSA) is 29.5 Å². The predicted molar refractivity (Wildman–Crippen MR) is 78.3 cm³/mol. The molecule has 1 aromatic carbocycles. The Kier molecular flexibility index (Phi) is 7.16. The van der Waals surface area contributed by atoms with Crippen molar-refractivity contribution in [1.82, 2.24) is 4.90 Å². The summed E-state index contributed by atoms with van der Waals surface area (Å²) in [6.45, 7) is 4.03. The first-order valence-electron chi connectivity index (χ1n) is 5.86. The average Bonchev–Trinajstić information content (AvgIpc) is 2.41. The monoisotopic (exact) mass is 287 g/mol. The first kappa shape index (κ1) is 15.3. The number of halogens is 1. The van der Waals surface area contributed by atoms with Crippen LogP contribution in [0.2, 0.25) is 0 Å². The lowest BCUT2D eigenvalue weighted by Gasteiger charge is -2.25. The number of hydrogen-bond acceptors (Lipinski definition) is 4. The van der Waals surface area contributed by atoms with Gasteiger partial charge >= 0.3 is 0 Å². The highest BCUT2D eigenvalue weighted by Gasteiger charge is 2.09. The molecule has 1 aliphatic heterocycles. The van der Waals surface area contributed by atoms with E-state index >= 15 is 0 Å². The van der Waals surface area contributed by atoms with Gasteiger partial charge in [-0.3, -0.25) is 9.69 Å². The van der Waals surface area contributed by atoms with Crippen molar-refractivity contribution >= 4 is 30.5 Å². The quantitative estimate of drug-likeness (QED) is 0.778. The van der Waals surface area contributed by atoms with Gasteiger partial charge in [-0.05, 0) is 24.3 Å². The summed E-state index contributed by atoms with van der Waals surface area (Å²) in [4.78, 5) is 12.9. The fourth-order valence-corrected chi connectivity index (χ4v) is 2.74. The molecule has 0 aliphatic carbocycles. The van der Waals surface area contributed by atoms with Crippen molar-refractivity contribution in [2.24, 2.45) is 0 Å². The number of aldehydes is 1. The fourth-order valence-electron chi connectivity index (χ4n) is 1.76. The first-order chi connectivity index (χ1) is 8.38. The molecule has 0 saturated carbocycles. The summed E-state index contributed by atoms with van der Waals surface area (Å²) in [6.07, 6.45) is 0.842. The maximum absolute atomic E-state index is 10.5. The third kappa shape index (κ3) is 4.88. The van der Waals surface area contributed by atoms with Gasteiger partial charge in [-0.15, -0.1) is 12.4 Å². The number of rotatable bonds is 5. The van der Waals surface area contributed by atoms with Gasteiger partial charge in [0.05, 0.1) is 0 Å². The molecule has 0 spiro atoms. The molecule has 0 N–H and O–H groups in total. The van der Waals surface area contributed by atoms with E-state index in [4.69, 9.17) is 4.74 Å². The molecule has 18 heavy (non-hydrogen) atoms. The fraction of sp³-hybridized carbons (Fsp3) is 0.462. The van der Waals surface area contributed by atoms with Crippen LogP contribution < -0.4 is 4.74 Å². The minimum atomic E-state index is 0. The molecule has 5 heteroatoms. The van der Waals surface area contributed by atoms with Crippen LogP contribution in [0.15, 0.2) is 24.3 Å². The van der Waals surface area contributed by atoms with Gasteiger partial charge in [0.25, 0.3) is 0 Å². The standard InChI is InChI=1S/C13H17NO2S.ClH/c15-11-12-1-3-13(4-2-12)16-8-5-14-6-9-17-10-7-14;/h1-4,11H,5-10H2;1H. The number of benzene rings is 1. The Morgan fingerprint density at radius 2 is 1.89 bits per heavy atom. The van der Waals surface area contributed by atoms with Crippen molar-refractivity contribution in [1.29, 1.82) is 0 Å². The number of carbonyl (C=O) groups excluding carboxylic acids is 1. The van der Waals surface area contributed by atoms with Gasteiger partial charge in [-0.25, -0.2) is 0 Å². The zero-order chi connectivity index (χ0) is 11.9. The van der Waals surface area contributed by atoms with E-state index in [2.05, 4.69) is 4.90 Å². The van der Waals surface area contributed by atoms with Crippen LogP contribution in [0.1, 0.15) is 10.4 Å². The third-order valence-electron chi connectivity index (χ3n) is 2.80. The van der Waals surface area contributed by atoms with Crippen LogP contribution in [0.4, 0.5) is 0 Å². The molecule has 2 rings (SSSR count). The Hall–Kier alpha value is -0.710. The second kappa shape index (κ2) is 8.40. The lowest BCUT2D eigenvalue weighted by Crippen LogP contribution is -2.35. The van der Waals surface area contributed by atoms with E-state index in [1.165, 1.54) is 11.5 Å². The minimum absolute atomic E-state index is 0. The van der Waals surface area contributed by atoms with Gasteiger partial charge in [0.1, 0.15) is 18.6 Å². The number of hydrogen-bond donors (Lipinski definition) is 0. The normalized spacial score (nSPS) is 15.8. The van der Waals surface area contributed by atoms with Crippen molar-refractivity contribution in [2.75, 3.05) is 37.7 Å². The van der Waals surface area contributed by atoms with Crippen molar-refractivity contribution in [3.8, 4) is 5.75 Å². The van der Waals surface area contributed by atoms with Crippen molar-refractivity contribution in [3.63, 3.8) is 0 Å². The molecule has 3 nitrogen and oxygen atoms in total. The van der Waals surface area contributed by atoms with Crippen LogP contribution in [0.5, 0.6) is 5.75 Å². The van der Waals surface area contributed by atoms with E-state index in [0.29, 0.717) is 12.2 Å². The molecule has 100 valence electrons. The predicted octanol–water partition coefficient (Wildman–Crippen LogP) is 2.35. The largest absolute Gasteiger partial charge is 0.492 e. The summed E-state index contributed by atoms with van der Waals surface area (Å²) in [5, 5.41) is 0. The zero-order valence-electron chi connectivity index (χ0n) is 10.2. The Balaban J connectivity index is 0.00000162. The van der Waals surface area contributed by atoms with Gasteiger partial charge < -0.3 is 4.74 Å². The van der Waals surface area contributed by atoms with E-state index in [1.807, 2.05) is 23.9 Å². The van der Waals surface area contributed by atoms with Gasteiger partial charge in [-0.1, -0.05) is 0 Å². The molecule has 0 unspecified atom stereocenters. The van der Waals surface area contributed by atoms with Gasteiger partial charge in [0.2, 0.25) is 0 Å². The minimum Gasteiger partial charge on any atom is -0.492 e. The maximum atomic E-state index is 10.5. The number of thioether (sulfide) groups is 1. The Morgan fingerprint density at radius 1 is 1.22 bits per heavy atom. The van der Waals surface area contributed by atoms with Crippen LogP contribution in [0.25, 0.3) is 0 Å². The highest BCUT2D eigenvalue weighted by atomic mass is 35.5. The maximum Gasteiger partial charge on any atom is 0.150 e. The zero-order valence-corrected chi connectivity index (χ0v) is 11.8. The Morgan fingerprint density at radius 3 is 2.50 bits per heavy atom. The summed E-state index contributed by atoms with van der Waals surface area (Å²) in [7, 11) is 0. The highest BCUT2D eigenvalue weighted by molar-refractivity contribution is 7.99. The van der Waals surface area contributed by atoms with E-state index in [1.54, 1.807) is 12.1 Å². The van der Waals surface area contributed by atoms with Crippen molar-refractivity contribution in [3.05, 3.63) is 29.8 Å². The molecule has 0 bridgehead atoms. The van der Waals surface area contributed by atoms with E-state index in [9.17, 15) is 4.79 Å². The highest BCUT2D eigenvalue weighted by Crippen LogP contribution is 2.12. The second-order valence-corrected chi connectivity index (χ2v) is 5.21. The molecule has 1 saturated heterocycles. The lowest BCUT2D eigenvalue weighted by molar-refractivity contribution is 0.112. The molecular weight excluding hydrogens is 270 g/mol. The summed E-state index contributed by atoms with van der Waals surface area (Å²) in [5.74, 6) is 3.30. The molecule has 0 amide bonds. The van der Waals surface area contributed by atoms with Gasteiger partial charge in [0.15, 0.2) is 0 Å². The molecular formula is C13H18ClNO2S. The number of ether oxygens (including phenoxy) is 1. The van der Waals surface area contributed by atoms with Gasteiger partial charge in [-0.2, -0.15) is 11.8 Å². The molecule has 0 aromatic heterocycles. The number of nitrogens with zero attached hydrogens (tertiary/aromatic N) is 1. The smallest absolute Gasteiger partial charge is 0.150 e. The molecule has 1 heterocycles. The summed E-state index contributed by atoms with van der Waals surface area (Å²) in [5.41, 5.74) is 0.686. The molecule has 1 aromatic rings. The van der Waals surface area contributed by atoms with Crippen LogP contribution >= 0.6 is 24.2 Å². The number of carbonyl (C=O) groups is 1. The Labute approximate surface area is 118 Å². The molecule has 0 atom stereocenters. The van der Waals surface area contributed by atoms with Crippen LogP contribution in [0, 0.1) is 0 Å². The van der Waals surface area contributed by atoms with E-state index in [0.717, 1.165) is 31.7 Å². The third-order valence-corrected chi connectivity index (χ3v) is 3.74. The summed E-state index contributed by atoms with van der Waals surface area (Å²) < 4.78 is 5.64. The summed E-state index contributed by atoms with van der Waals surface area (Å²) in [6, 6.07) is 7.24. The second-order valence-electron chi connectivity index (χ2n) is 3.99. The summed E-state index contributed by atoms with van der Waals surface area (Å²) >= 11 is 2.02. The van der Waals surface area contributed by atoms with Crippen LogP contribution in [-0.2, 0) is 0 Å². The van der Waals surface area contributed by atoms with Crippen LogP contribution in [0.3, 0.4) is 0 Å².